The molecule has 1 aromatic carbocycles. The van der Waals surface area contributed by atoms with Crippen molar-refractivity contribution in [2.45, 2.75) is 80.0 Å². The molecule has 1 aliphatic carbocycles. The number of rotatable bonds is 5. The van der Waals surface area contributed by atoms with Crippen LogP contribution in [0.25, 0.3) is 0 Å². The molecule has 7 nitrogen and oxygen atoms in total. The van der Waals surface area contributed by atoms with E-state index in [9.17, 15) is 18.0 Å². The fourth-order valence-electron chi connectivity index (χ4n) is 4.72. The smallest absolute Gasteiger partial charge is 0.240 e. The summed E-state index contributed by atoms with van der Waals surface area (Å²) < 4.78 is 28.9. The average molecular weight is 480 g/mol. The molecule has 0 bridgehead atoms. The van der Waals surface area contributed by atoms with E-state index in [1.165, 1.54) is 18.2 Å². The fourth-order valence-corrected chi connectivity index (χ4v) is 7.13. The maximum Gasteiger partial charge on any atom is 0.240 e. The quantitative estimate of drug-likeness (QED) is 0.671. The molecule has 9 heteroatoms. The van der Waals surface area contributed by atoms with Crippen molar-refractivity contribution < 1.29 is 18.0 Å². The van der Waals surface area contributed by atoms with Gasteiger partial charge in [0, 0.05) is 36.2 Å². The van der Waals surface area contributed by atoms with Crippen molar-refractivity contribution in [3.8, 4) is 0 Å². The maximum atomic E-state index is 13.0. The zero-order valence-corrected chi connectivity index (χ0v) is 20.1. The minimum atomic E-state index is -3.67. The molecule has 1 saturated heterocycles. The first-order valence-electron chi connectivity index (χ1n) is 11.8. The highest BCUT2D eigenvalue weighted by atomic mass is 32.2. The Morgan fingerprint density at radius 2 is 1.75 bits per heavy atom. The third-order valence-electron chi connectivity index (χ3n) is 6.64. The average Bonchev–Trinajstić information content (AvgIpc) is 3.23. The van der Waals surface area contributed by atoms with Gasteiger partial charge in [-0.3, -0.25) is 9.59 Å². The first-order valence-corrected chi connectivity index (χ1v) is 14.3. The number of hydrogen-bond donors (Lipinski definition) is 2. The lowest BCUT2D eigenvalue weighted by molar-refractivity contribution is -0.133. The Labute approximate surface area is 195 Å². The van der Waals surface area contributed by atoms with Crippen LogP contribution in [0.15, 0.2) is 28.0 Å². The van der Waals surface area contributed by atoms with Crippen LogP contribution in [0.2, 0.25) is 0 Å². The number of carbonyl (C=O) groups excluding carboxylic acids is 2. The summed E-state index contributed by atoms with van der Waals surface area (Å²) in [5, 5.41) is 2.88. The van der Waals surface area contributed by atoms with Crippen LogP contribution >= 0.6 is 11.8 Å². The number of thioether (sulfide) groups is 1. The number of benzene rings is 1. The van der Waals surface area contributed by atoms with Crippen LogP contribution in [-0.4, -0.2) is 50.0 Å². The van der Waals surface area contributed by atoms with Gasteiger partial charge in [0.05, 0.1) is 16.5 Å². The summed E-state index contributed by atoms with van der Waals surface area (Å²) in [4.78, 5) is 28.2. The molecule has 1 atom stereocenters. The number of anilines is 1. The van der Waals surface area contributed by atoms with Crippen molar-refractivity contribution >= 4 is 39.3 Å². The second-order valence-electron chi connectivity index (χ2n) is 9.11. The van der Waals surface area contributed by atoms with Crippen LogP contribution in [0.4, 0.5) is 5.69 Å². The summed E-state index contributed by atoms with van der Waals surface area (Å²) in [6, 6.07) is 4.89. The van der Waals surface area contributed by atoms with Gasteiger partial charge in [0.1, 0.15) is 0 Å². The van der Waals surface area contributed by atoms with Gasteiger partial charge in [0.15, 0.2) is 0 Å². The van der Waals surface area contributed by atoms with Gasteiger partial charge in [-0.05, 0) is 43.9 Å². The molecule has 176 valence electrons. The van der Waals surface area contributed by atoms with Gasteiger partial charge in [0.2, 0.25) is 21.8 Å². The van der Waals surface area contributed by atoms with Crippen LogP contribution in [0.3, 0.4) is 0 Å². The highest BCUT2D eigenvalue weighted by Gasteiger charge is 2.30. The van der Waals surface area contributed by atoms with Crippen LogP contribution in [-0.2, 0) is 19.6 Å². The van der Waals surface area contributed by atoms with E-state index in [-0.39, 0.29) is 29.2 Å². The third kappa shape index (κ3) is 5.85. The monoisotopic (exact) mass is 479 g/mol. The summed E-state index contributed by atoms with van der Waals surface area (Å²) in [5.74, 6) is -0.106. The molecule has 2 heterocycles. The van der Waals surface area contributed by atoms with E-state index in [2.05, 4.69) is 10.0 Å². The minimum Gasteiger partial charge on any atom is -0.343 e. The number of sulfonamides is 1. The molecule has 2 fully saturated rings. The van der Waals surface area contributed by atoms with Gasteiger partial charge in [-0.15, -0.1) is 11.8 Å². The molecule has 32 heavy (non-hydrogen) atoms. The zero-order chi connectivity index (χ0) is 22.6. The van der Waals surface area contributed by atoms with Crippen molar-refractivity contribution in [2.75, 3.05) is 24.2 Å². The van der Waals surface area contributed by atoms with E-state index < -0.39 is 15.9 Å². The van der Waals surface area contributed by atoms with Crippen LogP contribution in [0, 0.1) is 5.92 Å². The molecule has 1 saturated carbocycles. The molecular weight excluding hydrogens is 446 g/mol. The minimum absolute atomic E-state index is 0.0286. The van der Waals surface area contributed by atoms with Crippen molar-refractivity contribution in [3.63, 3.8) is 0 Å². The van der Waals surface area contributed by atoms with Crippen LogP contribution in [0.5, 0.6) is 0 Å². The van der Waals surface area contributed by atoms with E-state index in [0.717, 1.165) is 69.4 Å². The second kappa shape index (κ2) is 10.6. The third-order valence-corrected chi connectivity index (χ3v) is 9.39. The Balaban J connectivity index is 1.43. The lowest BCUT2D eigenvalue weighted by atomic mass is 9.97. The summed E-state index contributed by atoms with van der Waals surface area (Å²) in [5.41, 5.74) is 0.511. The number of carbonyl (C=O) groups is 2. The summed E-state index contributed by atoms with van der Waals surface area (Å²) in [7, 11) is -3.67. The number of nitrogens with zero attached hydrogens (tertiary/aromatic N) is 1. The van der Waals surface area contributed by atoms with E-state index in [4.69, 9.17) is 0 Å². The number of hydrogen-bond acceptors (Lipinski definition) is 5. The lowest BCUT2D eigenvalue weighted by Gasteiger charge is -2.21. The van der Waals surface area contributed by atoms with E-state index in [1.807, 2.05) is 4.90 Å². The first-order chi connectivity index (χ1) is 15.4. The number of nitrogens with one attached hydrogen (secondary N) is 2. The molecule has 2 amide bonds. The Morgan fingerprint density at radius 1 is 1.06 bits per heavy atom. The molecule has 0 unspecified atom stereocenters. The largest absolute Gasteiger partial charge is 0.343 e. The Hall–Kier alpha value is -1.58. The van der Waals surface area contributed by atoms with Gasteiger partial charge in [0.25, 0.3) is 0 Å². The molecule has 3 aliphatic rings. The molecule has 2 aliphatic heterocycles. The highest BCUT2D eigenvalue weighted by molar-refractivity contribution is 7.99. The van der Waals surface area contributed by atoms with Crippen molar-refractivity contribution in [2.24, 2.45) is 5.92 Å². The predicted molar refractivity (Wildman–Crippen MR) is 126 cm³/mol. The van der Waals surface area contributed by atoms with Gasteiger partial charge in [-0.2, -0.15) is 0 Å². The predicted octanol–water partition coefficient (Wildman–Crippen LogP) is 3.75. The van der Waals surface area contributed by atoms with E-state index in [1.54, 1.807) is 18.2 Å². The lowest BCUT2D eigenvalue weighted by Crippen LogP contribution is -2.35. The number of amides is 2. The van der Waals surface area contributed by atoms with Crippen LogP contribution < -0.4 is 10.0 Å². The standard InChI is InChI=1S/C23H33N3O4S2/c27-22(26-12-6-7-13-26)14-17-16-31-21-11-10-19(15-20(21)24-23(17)28)32(29,30)25-18-8-4-2-1-3-5-9-18/h10-11,15,17-18,25H,1-9,12-14,16H2,(H,24,28)/t17-/m0/s1. The molecule has 0 spiro atoms. The SMILES string of the molecule is O=C1Nc2cc(S(=O)(=O)NC3CCCCCCC3)ccc2SC[C@@H]1CC(=O)N1CCCC1. The van der Waals surface area contributed by atoms with E-state index >= 15 is 0 Å². The summed E-state index contributed by atoms with van der Waals surface area (Å²) in [6.45, 7) is 1.55. The molecular formula is C23H33N3O4S2. The van der Waals surface area contributed by atoms with Crippen LogP contribution in [0.1, 0.15) is 64.2 Å². The molecule has 1 aromatic rings. The van der Waals surface area contributed by atoms with Gasteiger partial charge < -0.3 is 10.2 Å². The zero-order valence-electron chi connectivity index (χ0n) is 18.5. The highest BCUT2D eigenvalue weighted by Crippen LogP contribution is 2.35. The molecule has 4 rings (SSSR count). The maximum absolute atomic E-state index is 13.0. The number of fused-ring (bicyclic) bond motifs is 1. The topological polar surface area (TPSA) is 95.6 Å². The molecule has 2 N–H and O–H groups in total. The Kier molecular flexibility index (Phi) is 7.78. The van der Waals surface area contributed by atoms with Gasteiger partial charge in [-0.25, -0.2) is 13.1 Å². The van der Waals surface area contributed by atoms with E-state index in [0.29, 0.717) is 11.4 Å². The molecule has 0 radical (unpaired) electrons. The second-order valence-corrected chi connectivity index (χ2v) is 11.9. The van der Waals surface area contributed by atoms with Gasteiger partial charge in [-0.1, -0.05) is 32.1 Å². The van der Waals surface area contributed by atoms with Crippen molar-refractivity contribution in [1.29, 1.82) is 0 Å². The first kappa shape index (κ1) is 23.6. The Morgan fingerprint density at radius 3 is 2.47 bits per heavy atom. The van der Waals surface area contributed by atoms with Crippen molar-refractivity contribution in [3.05, 3.63) is 18.2 Å². The normalized spacial score (nSPS) is 23.1. The summed E-state index contributed by atoms with van der Waals surface area (Å²) >= 11 is 1.50. The summed E-state index contributed by atoms with van der Waals surface area (Å²) in [6.07, 6.45) is 9.59. The fraction of sp³-hybridized carbons (Fsp3) is 0.652. The molecule has 0 aromatic heterocycles. The Bertz CT molecular complexity index is 937. The number of likely N-dealkylation sites (tertiary alicyclic amines) is 1. The van der Waals surface area contributed by atoms with Gasteiger partial charge >= 0.3 is 0 Å². The van der Waals surface area contributed by atoms with Crippen molar-refractivity contribution in [1.82, 2.24) is 9.62 Å².